The second kappa shape index (κ2) is 10.3. The summed E-state index contributed by atoms with van der Waals surface area (Å²) in [6.45, 7) is -0.0437. The lowest BCUT2D eigenvalue weighted by Gasteiger charge is -2.37. The predicted octanol–water partition coefficient (Wildman–Crippen LogP) is 2.58. The Morgan fingerprint density at radius 3 is 2.02 bits per heavy atom. The van der Waals surface area contributed by atoms with Gasteiger partial charge in [0.15, 0.2) is 12.3 Å². The standard InChI is InChI=1S/C30H28N2O8/c1-36-21-12-8-19(9-13-21)30(18-6-4-3-5-7-18,20-10-14-22(37-2)15-11-20)38-17-23-26(34)27-28(39-23)32-25(40-27)16-24(33)31-29(32)35/h3-16,23,26-28,34H,17H2,1-2H3,(H,31,33,35)/t23-,26-,27-,28-/m1/s1. The van der Waals surface area contributed by atoms with E-state index in [2.05, 4.69) is 4.98 Å². The highest BCUT2D eigenvalue weighted by molar-refractivity contribution is 5.49. The van der Waals surface area contributed by atoms with E-state index in [-0.39, 0.29) is 12.5 Å². The third-order valence-corrected chi connectivity index (χ3v) is 7.40. The molecule has 2 aliphatic heterocycles. The van der Waals surface area contributed by atoms with Crippen LogP contribution in [0.2, 0.25) is 0 Å². The van der Waals surface area contributed by atoms with Gasteiger partial charge >= 0.3 is 5.69 Å². The van der Waals surface area contributed by atoms with Gasteiger partial charge < -0.3 is 28.8 Å². The minimum atomic E-state index is -1.13. The molecule has 3 aromatic carbocycles. The van der Waals surface area contributed by atoms with Crippen LogP contribution in [0.15, 0.2) is 94.5 Å². The van der Waals surface area contributed by atoms with E-state index in [0.29, 0.717) is 11.5 Å². The van der Waals surface area contributed by atoms with Gasteiger partial charge in [-0.15, -0.1) is 0 Å². The zero-order chi connectivity index (χ0) is 27.9. The van der Waals surface area contributed by atoms with E-state index < -0.39 is 41.4 Å². The summed E-state index contributed by atoms with van der Waals surface area (Å²) in [6.07, 6.45) is -3.73. The molecule has 1 saturated heterocycles. The highest BCUT2D eigenvalue weighted by Gasteiger charge is 2.52. The summed E-state index contributed by atoms with van der Waals surface area (Å²) in [5, 5.41) is 11.2. The highest BCUT2D eigenvalue weighted by atomic mass is 16.6. The summed E-state index contributed by atoms with van der Waals surface area (Å²) in [7, 11) is 3.21. The summed E-state index contributed by atoms with van der Waals surface area (Å²) in [5.74, 6) is 1.45. The Balaban J connectivity index is 1.40. The average Bonchev–Trinajstić information content (AvgIpc) is 3.49. The van der Waals surface area contributed by atoms with Gasteiger partial charge in [0, 0.05) is 0 Å². The van der Waals surface area contributed by atoms with Crippen molar-refractivity contribution >= 4 is 0 Å². The molecule has 0 unspecified atom stereocenters. The molecule has 10 nitrogen and oxygen atoms in total. The van der Waals surface area contributed by atoms with Crippen molar-refractivity contribution in [3.8, 4) is 17.4 Å². The fraction of sp³-hybridized carbons (Fsp3) is 0.267. The van der Waals surface area contributed by atoms with Crippen molar-refractivity contribution in [2.45, 2.75) is 30.1 Å². The number of methoxy groups -OCH3 is 2. The molecule has 0 saturated carbocycles. The first kappa shape index (κ1) is 25.9. The quantitative estimate of drug-likeness (QED) is 0.325. The third kappa shape index (κ3) is 4.26. The van der Waals surface area contributed by atoms with Crippen LogP contribution < -0.4 is 25.5 Å². The first-order chi connectivity index (χ1) is 19.4. The highest BCUT2D eigenvalue weighted by Crippen LogP contribution is 2.44. The molecular formula is C30H28N2O8. The summed E-state index contributed by atoms with van der Waals surface area (Å²) < 4.78 is 30.7. The second-order valence-corrected chi connectivity index (χ2v) is 9.60. The SMILES string of the molecule is COc1ccc(C(OC[C@H]2O[C@@H]3[C@H](Oc4cc(=O)[nH]c(=O)n43)[C@@H]2O)(c2ccccc2)c2ccc(OC)cc2)cc1. The molecule has 0 amide bonds. The maximum absolute atomic E-state index is 12.5. The molecule has 1 fully saturated rings. The Kier molecular flexibility index (Phi) is 6.67. The minimum Gasteiger partial charge on any atom is -0.497 e. The Morgan fingerprint density at radius 2 is 1.45 bits per heavy atom. The Hall–Kier alpha value is -4.38. The summed E-state index contributed by atoms with van der Waals surface area (Å²) >= 11 is 0. The fourth-order valence-electron chi connectivity index (χ4n) is 5.43. The van der Waals surface area contributed by atoms with Crippen LogP contribution in [-0.2, 0) is 15.1 Å². The first-order valence-electron chi connectivity index (χ1n) is 12.8. The molecule has 3 heterocycles. The van der Waals surface area contributed by atoms with Crippen LogP contribution >= 0.6 is 0 Å². The number of aliphatic hydroxyl groups excluding tert-OH is 1. The van der Waals surface area contributed by atoms with E-state index in [1.165, 1.54) is 4.57 Å². The number of rotatable bonds is 8. The van der Waals surface area contributed by atoms with Gasteiger partial charge in [0.25, 0.3) is 5.56 Å². The van der Waals surface area contributed by atoms with Crippen molar-refractivity contribution in [1.29, 1.82) is 0 Å². The van der Waals surface area contributed by atoms with Crippen LogP contribution in [0.1, 0.15) is 22.9 Å². The lowest BCUT2D eigenvalue weighted by Crippen LogP contribution is -2.40. The number of H-pyrrole nitrogens is 1. The number of fused-ring (bicyclic) bond motifs is 3. The zero-order valence-corrected chi connectivity index (χ0v) is 21.9. The number of hydrogen-bond acceptors (Lipinski definition) is 8. The molecule has 0 radical (unpaired) electrons. The smallest absolute Gasteiger partial charge is 0.333 e. The van der Waals surface area contributed by atoms with Crippen LogP contribution in [-0.4, -0.2) is 53.8 Å². The van der Waals surface area contributed by atoms with Crippen LogP contribution in [0.25, 0.3) is 0 Å². The van der Waals surface area contributed by atoms with E-state index in [1.807, 2.05) is 78.9 Å². The lowest BCUT2D eigenvalue weighted by molar-refractivity contribution is -0.0940. The van der Waals surface area contributed by atoms with Crippen molar-refractivity contribution < 1.29 is 28.8 Å². The maximum atomic E-state index is 12.5. The van der Waals surface area contributed by atoms with E-state index in [0.717, 1.165) is 22.8 Å². The molecule has 2 N–H and O–H groups in total. The van der Waals surface area contributed by atoms with Gasteiger partial charge in [-0.1, -0.05) is 54.6 Å². The number of aliphatic hydroxyl groups is 1. The number of nitrogens with one attached hydrogen (secondary N) is 1. The molecule has 4 atom stereocenters. The Labute approximate surface area is 229 Å². The van der Waals surface area contributed by atoms with Gasteiger partial charge in [0.05, 0.1) is 26.9 Å². The molecule has 10 heteroatoms. The van der Waals surface area contributed by atoms with Crippen molar-refractivity contribution in [3.63, 3.8) is 0 Å². The van der Waals surface area contributed by atoms with E-state index in [9.17, 15) is 14.7 Å². The van der Waals surface area contributed by atoms with Crippen LogP contribution in [0.5, 0.6) is 17.4 Å². The van der Waals surface area contributed by atoms with Crippen molar-refractivity contribution in [2.24, 2.45) is 0 Å². The number of ether oxygens (including phenoxy) is 5. The Morgan fingerprint density at radius 1 is 0.875 bits per heavy atom. The molecule has 1 aromatic heterocycles. The monoisotopic (exact) mass is 544 g/mol. The van der Waals surface area contributed by atoms with Crippen molar-refractivity contribution in [3.05, 3.63) is 122 Å². The minimum absolute atomic E-state index is 0.0437. The largest absolute Gasteiger partial charge is 0.497 e. The summed E-state index contributed by atoms with van der Waals surface area (Å²) in [5.41, 5.74) is 0.145. The number of nitrogens with zero attached hydrogens (tertiary/aromatic N) is 1. The Bertz CT molecular complexity index is 1550. The number of benzene rings is 3. The molecule has 2 aliphatic rings. The molecule has 40 heavy (non-hydrogen) atoms. The lowest BCUT2D eigenvalue weighted by atomic mass is 9.80. The van der Waals surface area contributed by atoms with Gasteiger partial charge in [0.1, 0.15) is 29.3 Å². The fourth-order valence-corrected chi connectivity index (χ4v) is 5.43. The third-order valence-electron chi connectivity index (χ3n) is 7.40. The van der Waals surface area contributed by atoms with E-state index in [4.69, 9.17) is 23.7 Å². The zero-order valence-electron chi connectivity index (χ0n) is 21.9. The normalized spacial score (nSPS) is 21.4. The summed E-state index contributed by atoms with van der Waals surface area (Å²) in [4.78, 5) is 26.4. The van der Waals surface area contributed by atoms with Gasteiger partial charge in [-0.05, 0) is 41.0 Å². The number of hydrogen-bond donors (Lipinski definition) is 2. The average molecular weight is 545 g/mol. The second-order valence-electron chi connectivity index (χ2n) is 9.60. The molecule has 0 bridgehead atoms. The summed E-state index contributed by atoms with van der Waals surface area (Å²) in [6, 6.07) is 26.1. The van der Waals surface area contributed by atoms with Crippen molar-refractivity contribution in [2.75, 3.05) is 20.8 Å². The topological polar surface area (TPSA) is 121 Å². The van der Waals surface area contributed by atoms with Gasteiger partial charge in [0.2, 0.25) is 5.88 Å². The molecule has 0 aliphatic carbocycles. The maximum Gasteiger partial charge on any atom is 0.333 e. The van der Waals surface area contributed by atoms with Crippen LogP contribution in [0.3, 0.4) is 0 Å². The van der Waals surface area contributed by atoms with Gasteiger partial charge in [-0.2, -0.15) is 0 Å². The van der Waals surface area contributed by atoms with Crippen LogP contribution in [0, 0.1) is 0 Å². The number of aromatic nitrogens is 2. The van der Waals surface area contributed by atoms with Crippen LogP contribution in [0.4, 0.5) is 0 Å². The predicted molar refractivity (Wildman–Crippen MR) is 144 cm³/mol. The molecule has 6 rings (SSSR count). The first-order valence-corrected chi connectivity index (χ1v) is 12.8. The molecule has 0 spiro atoms. The molecule has 206 valence electrons. The molecule has 4 aromatic rings. The van der Waals surface area contributed by atoms with Gasteiger partial charge in [-0.25, -0.2) is 9.36 Å². The van der Waals surface area contributed by atoms with E-state index >= 15 is 0 Å². The molecular weight excluding hydrogens is 516 g/mol. The number of aromatic amines is 1. The van der Waals surface area contributed by atoms with Gasteiger partial charge in [-0.3, -0.25) is 9.78 Å². The van der Waals surface area contributed by atoms with E-state index in [1.54, 1.807) is 14.2 Å². The van der Waals surface area contributed by atoms with Crippen molar-refractivity contribution in [1.82, 2.24) is 9.55 Å².